The molecule has 114 valence electrons. The largest absolute Gasteiger partial charge is 0.325 e. The van der Waals surface area contributed by atoms with Crippen LogP contribution in [0.3, 0.4) is 0 Å². The van der Waals surface area contributed by atoms with E-state index in [2.05, 4.69) is 5.32 Å². The monoisotopic (exact) mass is 308 g/mol. The molecule has 1 amide bonds. The van der Waals surface area contributed by atoms with E-state index >= 15 is 0 Å². The summed E-state index contributed by atoms with van der Waals surface area (Å²) in [5.74, 6) is -0.0926. The average molecular weight is 308 g/mol. The van der Waals surface area contributed by atoms with Crippen molar-refractivity contribution in [1.29, 1.82) is 0 Å². The third-order valence-corrected chi connectivity index (χ3v) is 6.33. The number of amides is 1. The van der Waals surface area contributed by atoms with E-state index in [0.29, 0.717) is 18.8 Å². The predicted molar refractivity (Wildman–Crippen MR) is 80.7 cm³/mol. The van der Waals surface area contributed by atoms with Crippen LogP contribution in [0.15, 0.2) is 23.1 Å². The fourth-order valence-corrected chi connectivity index (χ4v) is 4.51. The average Bonchev–Trinajstić information content (AvgIpc) is 2.70. The van der Waals surface area contributed by atoms with E-state index in [1.165, 1.54) is 0 Å². The molecule has 2 aliphatic rings. The van der Waals surface area contributed by atoms with Gasteiger partial charge < -0.3 is 5.32 Å². The molecule has 1 aromatic rings. The van der Waals surface area contributed by atoms with Crippen molar-refractivity contribution in [2.24, 2.45) is 0 Å². The summed E-state index contributed by atoms with van der Waals surface area (Å²) in [5.41, 5.74) is 0.774. The second kappa shape index (κ2) is 4.81. The molecule has 0 atom stereocenters. The fourth-order valence-electron chi connectivity index (χ4n) is 2.97. The molecule has 1 saturated heterocycles. The van der Waals surface area contributed by atoms with Crippen molar-refractivity contribution >= 4 is 21.6 Å². The lowest BCUT2D eigenvalue weighted by Gasteiger charge is -2.26. The highest BCUT2D eigenvalue weighted by Gasteiger charge is 2.39. The van der Waals surface area contributed by atoms with Crippen LogP contribution in [-0.2, 0) is 20.2 Å². The van der Waals surface area contributed by atoms with Crippen molar-refractivity contribution in [3.63, 3.8) is 0 Å². The van der Waals surface area contributed by atoms with E-state index < -0.39 is 15.4 Å². The van der Waals surface area contributed by atoms with Crippen LogP contribution in [0.5, 0.6) is 0 Å². The Balaban J connectivity index is 2.02. The van der Waals surface area contributed by atoms with Gasteiger partial charge in [-0.2, -0.15) is 4.31 Å². The highest BCUT2D eigenvalue weighted by Crippen LogP contribution is 2.38. The number of fused-ring (bicyclic) bond motifs is 1. The maximum absolute atomic E-state index is 12.7. The van der Waals surface area contributed by atoms with Gasteiger partial charge in [0.25, 0.3) is 0 Å². The van der Waals surface area contributed by atoms with Gasteiger partial charge in [0.15, 0.2) is 0 Å². The first-order chi connectivity index (χ1) is 9.83. The number of piperidine rings is 1. The lowest BCUT2D eigenvalue weighted by atomic mass is 9.86. The quantitative estimate of drug-likeness (QED) is 0.909. The molecular formula is C15H20N2O3S. The molecule has 1 fully saturated rings. The van der Waals surface area contributed by atoms with Gasteiger partial charge in [0, 0.05) is 18.8 Å². The van der Waals surface area contributed by atoms with Crippen molar-refractivity contribution in [1.82, 2.24) is 4.31 Å². The van der Waals surface area contributed by atoms with Crippen molar-refractivity contribution in [2.45, 2.75) is 43.4 Å². The molecule has 1 aromatic carbocycles. The standard InChI is InChI=1S/C15H20N2O3S/c1-15(2)12-10-11(6-7-13(12)16-14(15)18)21(19,20)17-8-4-3-5-9-17/h6-7,10H,3-5,8-9H2,1-2H3,(H,16,18). The van der Waals surface area contributed by atoms with E-state index in [0.717, 1.165) is 24.8 Å². The minimum absolute atomic E-state index is 0.0926. The van der Waals surface area contributed by atoms with E-state index in [-0.39, 0.29) is 10.8 Å². The maximum Gasteiger partial charge on any atom is 0.243 e. The lowest BCUT2D eigenvalue weighted by molar-refractivity contribution is -0.119. The topological polar surface area (TPSA) is 66.5 Å². The smallest absolute Gasteiger partial charge is 0.243 e. The number of carbonyl (C=O) groups excluding carboxylic acids is 1. The third kappa shape index (κ3) is 2.26. The Labute approximate surface area is 125 Å². The van der Waals surface area contributed by atoms with Crippen LogP contribution >= 0.6 is 0 Å². The number of hydrogen-bond donors (Lipinski definition) is 1. The van der Waals surface area contributed by atoms with Crippen LogP contribution < -0.4 is 5.32 Å². The van der Waals surface area contributed by atoms with Crippen LogP contribution in [0.4, 0.5) is 5.69 Å². The molecule has 0 saturated carbocycles. The number of hydrogen-bond acceptors (Lipinski definition) is 3. The van der Waals surface area contributed by atoms with Crippen LogP contribution in [0.25, 0.3) is 0 Å². The summed E-state index contributed by atoms with van der Waals surface area (Å²) in [6.07, 6.45) is 2.91. The molecule has 5 nitrogen and oxygen atoms in total. The summed E-state index contributed by atoms with van der Waals surface area (Å²) in [6, 6.07) is 4.93. The molecule has 2 aliphatic heterocycles. The van der Waals surface area contributed by atoms with Crippen molar-refractivity contribution in [2.75, 3.05) is 18.4 Å². The minimum atomic E-state index is -3.46. The highest BCUT2D eigenvalue weighted by molar-refractivity contribution is 7.89. The molecule has 0 aromatic heterocycles. The lowest BCUT2D eigenvalue weighted by Crippen LogP contribution is -2.35. The Kier molecular flexibility index (Phi) is 3.33. The number of rotatable bonds is 2. The molecule has 3 rings (SSSR count). The van der Waals surface area contributed by atoms with Crippen molar-refractivity contribution < 1.29 is 13.2 Å². The van der Waals surface area contributed by atoms with Crippen LogP contribution in [-0.4, -0.2) is 31.7 Å². The number of nitrogens with one attached hydrogen (secondary N) is 1. The van der Waals surface area contributed by atoms with E-state index in [9.17, 15) is 13.2 Å². The highest BCUT2D eigenvalue weighted by atomic mass is 32.2. The third-order valence-electron chi connectivity index (χ3n) is 4.43. The number of carbonyl (C=O) groups is 1. The predicted octanol–water partition coefficient (Wildman–Crippen LogP) is 2.09. The zero-order valence-corrected chi connectivity index (χ0v) is 13.2. The zero-order chi connectivity index (χ0) is 15.3. The van der Waals surface area contributed by atoms with Gasteiger partial charge in [0.05, 0.1) is 10.3 Å². The van der Waals surface area contributed by atoms with Gasteiger partial charge in [0.2, 0.25) is 15.9 Å². The number of nitrogens with zero attached hydrogens (tertiary/aromatic N) is 1. The molecule has 6 heteroatoms. The van der Waals surface area contributed by atoms with Gasteiger partial charge in [-0.1, -0.05) is 6.42 Å². The number of sulfonamides is 1. The molecule has 2 heterocycles. The first-order valence-corrected chi connectivity index (χ1v) is 8.73. The molecule has 0 bridgehead atoms. The van der Waals surface area contributed by atoms with Crippen LogP contribution in [0.1, 0.15) is 38.7 Å². The summed E-state index contributed by atoms with van der Waals surface area (Å²) >= 11 is 0. The molecule has 0 spiro atoms. The molecule has 21 heavy (non-hydrogen) atoms. The normalized spacial score (nSPS) is 21.9. The molecule has 1 N–H and O–H groups in total. The SMILES string of the molecule is CC1(C)C(=O)Nc2ccc(S(=O)(=O)N3CCCCC3)cc21. The van der Waals surface area contributed by atoms with Crippen molar-refractivity contribution in [3.05, 3.63) is 23.8 Å². The molecular weight excluding hydrogens is 288 g/mol. The second-order valence-electron chi connectivity index (χ2n) is 6.25. The van der Waals surface area contributed by atoms with Gasteiger partial charge in [-0.15, -0.1) is 0 Å². The summed E-state index contributed by atoms with van der Waals surface area (Å²) < 4.78 is 27.0. The first kappa shape index (κ1) is 14.5. The molecule has 0 radical (unpaired) electrons. The summed E-state index contributed by atoms with van der Waals surface area (Å²) in [6.45, 7) is 4.79. The molecule has 0 unspecified atom stereocenters. The second-order valence-corrected chi connectivity index (χ2v) is 8.19. The summed E-state index contributed by atoms with van der Waals surface area (Å²) in [5, 5.41) is 2.80. The van der Waals surface area contributed by atoms with Gasteiger partial charge in [-0.25, -0.2) is 8.42 Å². The zero-order valence-electron chi connectivity index (χ0n) is 12.3. The minimum Gasteiger partial charge on any atom is -0.325 e. The van der Waals surface area contributed by atoms with Crippen LogP contribution in [0.2, 0.25) is 0 Å². The summed E-state index contributed by atoms with van der Waals surface area (Å²) in [4.78, 5) is 12.2. The Morgan fingerprint density at radius 3 is 2.48 bits per heavy atom. The van der Waals surface area contributed by atoms with Gasteiger partial charge in [-0.05, 0) is 50.5 Å². The van der Waals surface area contributed by atoms with Gasteiger partial charge in [-0.3, -0.25) is 4.79 Å². The first-order valence-electron chi connectivity index (χ1n) is 7.29. The van der Waals surface area contributed by atoms with E-state index in [4.69, 9.17) is 0 Å². The summed E-state index contributed by atoms with van der Waals surface area (Å²) in [7, 11) is -3.46. The Morgan fingerprint density at radius 1 is 1.14 bits per heavy atom. The Hall–Kier alpha value is -1.40. The number of anilines is 1. The van der Waals surface area contributed by atoms with E-state index in [1.54, 1.807) is 22.5 Å². The number of benzene rings is 1. The van der Waals surface area contributed by atoms with Gasteiger partial charge >= 0.3 is 0 Å². The molecule has 0 aliphatic carbocycles. The van der Waals surface area contributed by atoms with Crippen molar-refractivity contribution in [3.8, 4) is 0 Å². The van der Waals surface area contributed by atoms with E-state index in [1.807, 2.05) is 13.8 Å². The van der Waals surface area contributed by atoms with Gasteiger partial charge in [0.1, 0.15) is 0 Å². The van der Waals surface area contributed by atoms with Crippen LogP contribution in [0, 0.1) is 0 Å². The Morgan fingerprint density at radius 2 is 1.81 bits per heavy atom. The fraction of sp³-hybridized carbons (Fsp3) is 0.533. The maximum atomic E-state index is 12.7. The Bertz CT molecular complexity index is 689.